The first-order chi connectivity index (χ1) is 11.6. The van der Waals surface area contributed by atoms with Crippen LogP contribution in [0.25, 0.3) is 5.69 Å². The molecule has 0 fully saturated rings. The van der Waals surface area contributed by atoms with E-state index in [0.717, 1.165) is 11.3 Å². The Morgan fingerprint density at radius 2 is 2.08 bits per heavy atom. The minimum absolute atomic E-state index is 0.143. The number of aromatic nitrogens is 5. The molecule has 3 rings (SSSR count). The molecular weight excluding hydrogens is 308 g/mol. The van der Waals surface area contributed by atoms with E-state index < -0.39 is 0 Å². The zero-order valence-corrected chi connectivity index (χ0v) is 13.3. The molecule has 0 saturated carbocycles. The first-order valence-electron chi connectivity index (χ1n) is 7.36. The molecule has 2 aromatic heterocycles. The van der Waals surface area contributed by atoms with Crippen molar-refractivity contribution in [1.29, 1.82) is 0 Å². The van der Waals surface area contributed by atoms with Crippen LogP contribution in [-0.2, 0) is 6.54 Å². The van der Waals surface area contributed by atoms with E-state index >= 15 is 0 Å². The molecule has 1 amide bonds. The number of carbonyl (C=O) groups excluding carboxylic acids is 1. The third kappa shape index (κ3) is 3.07. The van der Waals surface area contributed by atoms with Gasteiger partial charge in [-0.1, -0.05) is 12.1 Å². The third-order valence-electron chi connectivity index (χ3n) is 3.66. The molecule has 2 N–H and O–H groups in total. The minimum atomic E-state index is -0.305. The number of amides is 1. The van der Waals surface area contributed by atoms with Crippen LogP contribution in [-0.4, -0.2) is 31.1 Å². The van der Waals surface area contributed by atoms with Gasteiger partial charge in [0.05, 0.1) is 11.3 Å². The number of hydrogen-bond donors (Lipinski definition) is 2. The molecular formula is C16H16N6O2. The molecule has 0 aliphatic heterocycles. The van der Waals surface area contributed by atoms with Crippen molar-refractivity contribution < 1.29 is 4.79 Å². The number of rotatable bonds is 4. The smallest absolute Gasteiger partial charge is 0.253 e. The van der Waals surface area contributed by atoms with Crippen molar-refractivity contribution >= 4 is 5.91 Å². The monoisotopic (exact) mass is 324 g/mol. The number of para-hydroxylation sites is 1. The first-order valence-corrected chi connectivity index (χ1v) is 7.36. The summed E-state index contributed by atoms with van der Waals surface area (Å²) in [7, 11) is 0. The van der Waals surface area contributed by atoms with Gasteiger partial charge < -0.3 is 10.3 Å². The summed E-state index contributed by atoms with van der Waals surface area (Å²) >= 11 is 0. The van der Waals surface area contributed by atoms with E-state index in [9.17, 15) is 9.59 Å². The maximum absolute atomic E-state index is 12.5. The number of aromatic amines is 1. The number of tetrazole rings is 1. The van der Waals surface area contributed by atoms with Gasteiger partial charge in [0.1, 0.15) is 6.33 Å². The number of H-pyrrole nitrogens is 1. The number of benzene rings is 1. The Bertz CT molecular complexity index is 930. The zero-order chi connectivity index (χ0) is 17.1. The Labute approximate surface area is 137 Å². The van der Waals surface area contributed by atoms with E-state index in [1.54, 1.807) is 24.3 Å². The molecule has 0 aliphatic rings. The minimum Gasteiger partial charge on any atom is -0.348 e. The topological polar surface area (TPSA) is 106 Å². The van der Waals surface area contributed by atoms with Crippen LogP contribution >= 0.6 is 0 Å². The molecule has 24 heavy (non-hydrogen) atoms. The van der Waals surface area contributed by atoms with Crippen LogP contribution in [0.15, 0.2) is 41.5 Å². The maximum atomic E-state index is 12.5. The largest absolute Gasteiger partial charge is 0.348 e. The second-order valence-electron chi connectivity index (χ2n) is 5.40. The van der Waals surface area contributed by atoms with Crippen molar-refractivity contribution in [2.24, 2.45) is 0 Å². The Hall–Kier alpha value is -3.29. The highest BCUT2D eigenvalue weighted by molar-refractivity contribution is 5.97. The van der Waals surface area contributed by atoms with E-state index in [4.69, 9.17) is 0 Å². The molecule has 3 aromatic rings. The lowest BCUT2D eigenvalue weighted by Crippen LogP contribution is -2.28. The SMILES string of the molecule is Cc1cc(C)c(CNC(=O)c2ccccc2-n2cnnn2)c(=O)[nH]1. The molecule has 0 radical (unpaired) electrons. The van der Waals surface area contributed by atoms with Crippen LogP contribution in [0.2, 0.25) is 0 Å². The lowest BCUT2D eigenvalue weighted by molar-refractivity contribution is 0.0950. The van der Waals surface area contributed by atoms with Crippen molar-refractivity contribution in [3.05, 3.63) is 69.4 Å². The Morgan fingerprint density at radius 1 is 1.29 bits per heavy atom. The number of aryl methyl sites for hydroxylation is 2. The molecule has 0 aliphatic carbocycles. The summed E-state index contributed by atoms with van der Waals surface area (Å²) in [5.74, 6) is -0.305. The van der Waals surface area contributed by atoms with Crippen LogP contribution in [0.1, 0.15) is 27.2 Å². The second kappa shape index (κ2) is 6.45. The Kier molecular flexibility index (Phi) is 4.19. The van der Waals surface area contributed by atoms with Gasteiger partial charge in [-0.3, -0.25) is 9.59 Å². The predicted octanol–water partition coefficient (Wildman–Crippen LogP) is 0.897. The van der Waals surface area contributed by atoms with Gasteiger partial charge in [-0.2, -0.15) is 4.68 Å². The molecule has 0 bridgehead atoms. The van der Waals surface area contributed by atoms with E-state index in [-0.39, 0.29) is 18.0 Å². The quantitative estimate of drug-likeness (QED) is 0.741. The van der Waals surface area contributed by atoms with Crippen molar-refractivity contribution in [2.45, 2.75) is 20.4 Å². The lowest BCUT2D eigenvalue weighted by Gasteiger charge is -2.10. The van der Waals surface area contributed by atoms with Crippen molar-refractivity contribution in [3.8, 4) is 5.69 Å². The summed E-state index contributed by atoms with van der Waals surface area (Å²) in [6.45, 7) is 3.81. The third-order valence-corrected chi connectivity index (χ3v) is 3.66. The number of nitrogens with zero attached hydrogens (tertiary/aromatic N) is 4. The molecule has 8 nitrogen and oxygen atoms in total. The summed E-state index contributed by atoms with van der Waals surface area (Å²) in [6, 6.07) is 8.85. The number of hydrogen-bond acceptors (Lipinski definition) is 5. The molecule has 122 valence electrons. The first kappa shape index (κ1) is 15.6. The highest BCUT2D eigenvalue weighted by Gasteiger charge is 2.14. The number of carbonyl (C=O) groups is 1. The van der Waals surface area contributed by atoms with Gasteiger partial charge in [-0.25, -0.2) is 0 Å². The second-order valence-corrected chi connectivity index (χ2v) is 5.40. The molecule has 1 aromatic carbocycles. The fourth-order valence-corrected chi connectivity index (χ4v) is 2.50. The van der Waals surface area contributed by atoms with Gasteiger partial charge in [-0.05, 0) is 48.0 Å². The highest BCUT2D eigenvalue weighted by Crippen LogP contribution is 2.13. The number of pyridine rings is 1. The summed E-state index contributed by atoms with van der Waals surface area (Å²) < 4.78 is 1.42. The van der Waals surface area contributed by atoms with Crippen LogP contribution < -0.4 is 10.9 Å². The average Bonchev–Trinajstić information content (AvgIpc) is 3.08. The Morgan fingerprint density at radius 3 is 2.79 bits per heavy atom. The molecule has 0 saturated heterocycles. The molecule has 8 heteroatoms. The highest BCUT2D eigenvalue weighted by atomic mass is 16.2. The van der Waals surface area contributed by atoms with Crippen LogP contribution in [0, 0.1) is 13.8 Å². The lowest BCUT2D eigenvalue weighted by atomic mass is 10.1. The predicted molar refractivity (Wildman–Crippen MR) is 86.9 cm³/mol. The van der Waals surface area contributed by atoms with Crippen molar-refractivity contribution in [3.63, 3.8) is 0 Å². The van der Waals surface area contributed by atoms with Crippen LogP contribution in [0.5, 0.6) is 0 Å². The average molecular weight is 324 g/mol. The fourth-order valence-electron chi connectivity index (χ4n) is 2.50. The normalized spacial score (nSPS) is 10.6. The molecule has 0 unspecified atom stereocenters. The summed E-state index contributed by atoms with van der Waals surface area (Å²) in [5, 5.41) is 13.7. The Balaban J connectivity index is 1.84. The van der Waals surface area contributed by atoms with Gasteiger partial charge in [0.15, 0.2) is 0 Å². The fraction of sp³-hybridized carbons (Fsp3) is 0.188. The van der Waals surface area contributed by atoms with Crippen molar-refractivity contribution in [2.75, 3.05) is 0 Å². The molecule has 0 atom stereocenters. The molecule has 0 spiro atoms. The van der Waals surface area contributed by atoms with Gasteiger partial charge in [0, 0.05) is 17.8 Å². The van der Waals surface area contributed by atoms with Crippen LogP contribution in [0.3, 0.4) is 0 Å². The van der Waals surface area contributed by atoms with Gasteiger partial charge in [-0.15, -0.1) is 5.10 Å². The van der Waals surface area contributed by atoms with E-state index in [1.165, 1.54) is 11.0 Å². The summed E-state index contributed by atoms with van der Waals surface area (Å²) in [6.07, 6.45) is 1.42. The maximum Gasteiger partial charge on any atom is 0.253 e. The van der Waals surface area contributed by atoms with Gasteiger partial charge in [0.25, 0.3) is 11.5 Å². The summed E-state index contributed by atoms with van der Waals surface area (Å²) in [4.78, 5) is 27.3. The standard InChI is InChI=1S/C16H16N6O2/c1-10-7-11(2)19-16(24)13(10)8-17-15(23)12-5-3-4-6-14(12)22-9-18-20-21-22/h3-7,9H,8H2,1-2H3,(H,17,23)(H,19,24). The van der Waals surface area contributed by atoms with Gasteiger partial charge in [0.2, 0.25) is 0 Å². The van der Waals surface area contributed by atoms with E-state index in [1.807, 2.05) is 19.9 Å². The summed E-state index contributed by atoms with van der Waals surface area (Å²) in [5.41, 5.74) is 2.96. The van der Waals surface area contributed by atoms with Crippen molar-refractivity contribution in [1.82, 2.24) is 30.5 Å². The van der Waals surface area contributed by atoms with Crippen LogP contribution in [0.4, 0.5) is 0 Å². The van der Waals surface area contributed by atoms with E-state index in [2.05, 4.69) is 25.8 Å². The van der Waals surface area contributed by atoms with Gasteiger partial charge >= 0.3 is 0 Å². The molecule has 2 heterocycles. The number of nitrogens with one attached hydrogen (secondary N) is 2. The zero-order valence-electron chi connectivity index (χ0n) is 13.3. The van der Waals surface area contributed by atoms with E-state index in [0.29, 0.717) is 16.8 Å².